The van der Waals surface area contributed by atoms with E-state index in [1.165, 1.54) is 27.0 Å². The van der Waals surface area contributed by atoms with Crippen molar-refractivity contribution in [2.75, 3.05) is 12.4 Å². The highest BCUT2D eigenvalue weighted by molar-refractivity contribution is 5.91. The first kappa shape index (κ1) is 25.9. The lowest BCUT2D eigenvalue weighted by atomic mass is 9.61. The molecule has 2 unspecified atom stereocenters. The quantitative estimate of drug-likeness (QED) is 0.417. The number of alkyl halides is 5. The Bertz CT molecular complexity index is 1340. The number of methoxy groups -OCH3 is 1. The van der Waals surface area contributed by atoms with Gasteiger partial charge in [0.25, 0.3) is 0 Å². The second kappa shape index (κ2) is 8.19. The van der Waals surface area contributed by atoms with Gasteiger partial charge in [0.2, 0.25) is 0 Å². The molecule has 12 heteroatoms. The standard InChI is InChI=1S/C24H22F7N3O2/c1-11-32-9-13-16(8-7-14(25)18(13)33-11)34-20-12-5-6-15(26)19(36-4)17(12)21(2,3)10-22(20,35)23(27,28)24(29,30)31/h5-9,20,34-35H,10H2,1-4H3. The van der Waals surface area contributed by atoms with Crippen molar-refractivity contribution < 1.29 is 40.6 Å². The molecule has 2 atom stereocenters. The summed E-state index contributed by atoms with van der Waals surface area (Å²) in [6.07, 6.45) is -6.06. The van der Waals surface area contributed by atoms with E-state index in [4.69, 9.17) is 4.74 Å². The molecular formula is C24H22F7N3O2. The molecular weight excluding hydrogens is 495 g/mol. The molecule has 1 aliphatic rings. The number of fused-ring (bicyclic) bond motifs is 2. The van der Waals surface area contributed by atoms with E-state index in [0.717, 1.165) is 31.4 Å². The molecule has 36 heavy (non-hydrogen) atoms. The Morgan fingerprint density at radius 3 is 2.31 bits per heavy atom. The molecule has 194 valence electrons. The number of benzene rings is 2. The van der Waals surface area contributed by atoms with Crippen LogP contribution in [0.1, 0.15) is 43.3 Å². The van der Waals surface area contributed by atoms with Crippen molar-refractivity contribution >= 4 is 16.6 Å². The molecule has 1 aromatic heterocycles. The van der Waals surface area contributed by atoms with Gasteiger partial charge in [0, 0.05) is 22.8 Å². The van der Waals surface area contributed by atoms with Gasteiger partial charge in [-0.25, -0.2) is 18.7 Å². The van der Waals surface area contributed by atoms with Crippen molar-refractivity contribution in [2.24, 2.45) is 0 Å². The first-order valence-electron chi connectivity index (χ1n) is 10.8. The predicted octanol–water partition coefficient (Wildman–Crippen LogP) is 5.99. The highest BCUT2D eigenvalue weighted by Crippen LogP contribution is 2.59. The van der Waals surface area contributed by atoms with E-state index in [0.29, 0.717) is 0 Å². The van der Waals surface area contributed by atoms with Gasteiger partial charge in [0.1, 0.15) is 17.2 Å². The lowest BCUT2D eigenvalue weighted by molar-refractivity contribution is -0.349. The fraction of sp³-hybridized carbons (Fsp3) is 0.417. The van der Waals surface area contributed by atoms with Gasteiger partial charge < -0.3 is 15.2 Å². The molecule has 5 nitrogen and oxygen atoms in total. The molecule has 4 rings (SSSR count). The number of hydrogen-bond donors (Lipinski definition) is 2. The molecule has 0 spiro atoms. The zero-order chi connectivity index (χ0) is 26.8. The molecule has 0 saturated heterocycles. The maximum atomic E-state index is 15.1. The normalized spacial score (nSPS) is 21.8. The van der Waals surface area contributed by atoms with E-state index in [1.807, 2.05) is 0 Å². The first-order valence-corrected chi connectivity index (χ1v) is 10.8. The number of aliphatic hydroxyl groups is 1. The van der Waals surface area contributed by atoms with E-state index in [2.05, 4.69) is 15.3 Å². The molecule has 0 radical (unpaired) electrons. The van der Waals surface area contributed by atoms with Crippen LogP contribution in [0.5, 0.6) is 5.75 Å². The fourth-order valence-corrected chi connectivity index (χ4v) is 5.02. The lowest BCUT2D eigenvalue weighted by Gasteiger charge is -2.51. The first-order chi connectivity index (χ1) is 16.5. The Balaban J connectivity index is 2.02. The van der Waals surface area contributed by atoms with Gasteiger partial charge in [-0.1, -0.05) is 19.9 Å². The van der Waals surface area contributed by atoms with Crippen molar-refractivity contribution in [1.82, 2.24) is 9.97 Å². The molecule has 0 fully saturated rings. The molecule has 0 amide bonds. The number of aryl methyl sites for hydroxylation is 1. The van der Waals surface area contributed by atoms with Crippen LogP contribution >= 0.6 is 0 Å². The van der Waals surface area contributed by atoms with Gasteiger partial charge in [-0.15, -0.1) is 0 Å². The zero-order valence-electron chi connectivity index (χ0n) is 19.6. The summed E-state index contributed by atoms with van der Waals surface area (Å²) in [5.41, 5.74) is -5.84. The SMILES string of the molecule is COc1c(F)ccc2c1C(C)(C)CC(O)(C(F)(F)C(F)(F)F)C2Nc1ccc(F)c2nc(C)ncc12. The van der Waals surface area contributed by atoms with Crippen molar-refractivity contribution in [2.45, 2.75) is 56.3 Å². The predicted molar refractivity (Wildman–Crippen MR) is 117 cm³/mol. The van der Waals surface area contributed by atoms with Gasteiger partial charge >= 0.3 is 12.1 Å². The molecule has 0 aliphatic heterocycles. The minimum atomic E-state index is -6.12. The van der Waals surface area contributed by atoms with Crippen LogP contribution in [0, 0.1) is 18.6 Å². The van der Waals surface area contributed by atoms with Gasteiger partial charge in [-0.3, -0.25) is 0 Å². The number of nitrogens with one attached hydrogen (secondary N) is 1. The van der Waals surface area contributed by atoms with Crippen LogP contribution in [0.15, 0.2) is 30.5 Å². The summed E-state index contributed by atoms with van der Waals surface area (Å²) < 4.78 is 105. The number of nitrogens with zero attached hydrogens (tertiary/aromatic N) is 2. The summed E-state index contributed by atoms with van der Waals surface area (Å²) in [6, 6.07) is 1.83. The second-order valence-electron chi connectivity index (χ2n) is 9.45. The Morgan fingerprint density at radius 2 is 1.69 bits per heavy atom. The van der Waals surface area contributed by atoms with Crippen molar-refractivity contribution in [3.8, 4) is 5.75 Å². The summed E-state index contributed by atoms with van der Waals surface area (Å²) >= 11 is 0. The van der Waals surface area contributed by atoms with E-state index < -0.39 is 47.2 Å². The van der Waals surface area contributed by atoms with Crippen LogP contribution in [0.3, 0.4) is 0 Å². The van der Waals surface area contributed by atoms with Crippen molar-refractivity contribution in [3.63, 3.8) is 0 Å². The summed E-state index contributed by atoms with van der Waals surface area (Å²) in [5, 5.41) is 13.8. The van der Waals surface area contributed by atoms with E-state index in [9.17, 15) is 27.1 Å². The molecule has 2 aromatic carbocycles. The monoisotopic (exact) mass is 517 g/mol. The number of halogens is 7. The molecule has 3 aromatic rings. The van der Waals surface area contributed by atoms with Crippen LogP contribution in [-0.4, -0.2) is 39.9 Å². The van der Waals surface area contributed by atoms with E-state index in [1.54, 1.807) is 0 Å². The highest BCUT2D eigenvalue weighted by atomic mass is 19.4. The number of ether oxygens (including phenoxy) is 1. The summed E-state index contributed by atoms with van der Waals surface area (Å²) in [4.78, 5) is 7.93. The van der Waals surface area contributed by atoms with Crippen LogP contribution in [-0.2, 0) is 5.41 Å². The van der Waals surface area contributed by atoms with Gasteiger partial charge in [0.15, 0.2) is 17.2 Å². The topological polar surface area (TPSA) is 67.3 Å². The fourth-order valence-electron chi connectivity index (χ4n) is 5.02. The highest BCUT2D eigenvalue weighted by Gasteiger charge is 2.74. The van der Waals surface area contributed by atoms with Crippen LogP contribution in [0.2, 0.25) is 0 Å². The Labute approximate surface area is 201 Å². The van der Waals surface area contributed by atoms with Crippen molar-refractivity contribution in [3.05, 3.63) is 59.0 Å². The second-order valence-corrected chi connectivity index (χ2v) is 9.45. The third-order valence-corrected chi connectivity index (χ3v) is 6.54. The average Bonchev–Trinajstić information content (AvgIpc) is 2.77. The van der Waals surface area contributed by atoms with E-state index in [-0.39, 0.29) is 39.3 Å². The maximum Gasteiger partial charge on any atom is 0.456 e. The minimum Gasteiger partial charge on any atom is -0.493 e. The third kappa shape index (κ3) is 3.73. The van der Waals surface area contributed by atoms with Crippen LogP contribution in [0.25, 0.3) is 10.9 Å². The van der Waals surface area contributed by atoms with Gasteiger partial charge in [0.05, 0.1) is 13.2 Å². The smallest absolute Gasteiger partial charge is 0.456 e. The van der Waals surface area contributed by atoms with Gasteiger partial charge in [-0.05, 0) is 42.5 Å². The molecule has 2 N–H and O–H groups in total. The molecule has 0 saturated carbocycles. The van der Waals surface area contributed by atoms with Gasteiger partial charge in [-0.2, -0.15) is 22.0 Å². The van der Waals surface area contributed by atoms with E-state index >= 15 is 8.78 Å². The number of hydrogen-bond acceptors (Lipinski definition) is 5. The number of anilines is 1. The molecule has 1 heterocycles. The lowest BCUT2D eigenvalue weighted by Crippen LogP contribution is -2.65. The Hall–Kier alpha value is -3.15. The summed E-state index contributed by atoms with van der Waals surface area (Å²) in [5.74, 6) is -7.37. The zero-order valence-corrected chi connectivity index (χ0v) is 19.6. The summed E-state index contributed by atoms with van der Waals surface area (Å²) in [6.45, 7) is 4.11. The van der Waals surface area contributed by atoms with Crippen molar-refractivity contribution in [1.29, 1.82) is 0 Å². The molecule has 1 aliphatic carbocycles. The summed E-state index contributed by atoms with van der Waals surface area (Å²) in [7, 11) is 1.13. The third-order valence-electron chi connectivity index (χ3n) is 6.54. The number of rotatable bonds is 4. The molecule has 0 bridgehead atoms. The maximum absolute atomic E-state index is 15.1. The van der Waals surface area contributed by atoms with Crippen LogP contribution < -0.4 is 10.1 Å². The Kier molecular flexibility index (Phi) is 5.90. The minimum absolute atomic E-state index is 0.0151. The average molecular weight is 517 g/mol. The Morgan fingerprint density at radius 1 is 1.06 bits per heavy atom. The number of aromatic nitrogens is 2. The largest absolute Gasteiger partial charge is 0.493 e. The van der Waals surface area contributed by atoms with Crippen LogP contribution in [0.4, 0.5) is 36.4 Å².